The SMILES string of the molecule is CC(C)C1=CC(=O)NC2=CC(=NC(=O)c3ccc(Cl)s3)C=CC21. The zero-order chi connectivity index (χ0) is 16.6. The van der Waals surface area contributed by atoms with Gasteiger partial charge in [-0.3, -0.25) is 9.59 Å². The lowest BCUT2D eigenvalue weighted by Crippen LogP contribution is -2.34. The average Bonchev–Trinajstić information content (AvgIpc) is 2.92. The summed E-state index contributed by atoms with van der Waals surface area (Å²) in [6, 6.07) is 3.33. The summed E-state index contributed by atoms with van der Waals surface area (Å²) in [5.41, 5.74) is 2.35. The zero-order valence-corrected chi connectivity index (χ0v) is 14.2. The fourth-order valence-corrected chi connectivity index (χ4v) is 3.54. The first-order valence-electron chi connectivity index (χ1n) is 7.24. The maximum atomic E-state index is 12.1. The third kappa shape index (κ3) is 3.35. The molecule has 4 nitrogen and oxygen atoms in total. The molecule has 2 heterocycles. The second-order valence-electron chi connectivity index (χ2n) is 5.67. The first-order valence-corrected chi connectivity index (χ1v) is 8.44. The number of rotatable bonds is 2. The Bertz CT molecular complexity index is 799. The van der Waals surface area contributed by atoms with E-state index in [-0.39, 0.29) is 23.7 Å². The van der Waals surface area contributed by atoms with E-state index < -0.39 is 0 Å². The summed E-state index contributed by atoms with van der Waals surface area (Å²) in [5.74, 6) is -0.161. The van der Waals surface area contributed by atoms with E-state index in [1.165, 1.54) is 11.3 Å². The molecule has 0 fully saturated rings. The van der Waals surface area contributed by atoms with Crippen molar-refractivity contribution in [2.24, 2.45) is 16.8 Å². The van der Waals surface area contributed by atoms with E-state index in [2.05, 4.69) is 24.2 Å². The summed E-state index contributed by atoms with van der Waals surface area (Å²) in [4.78, 5) is 28.5. The van der Waals surface area contributed by atoms with Crippen molar-refractivity contribution in [3.8, 4) is 0 Å². The zero-order valence-electron chi connectivity index (χ0n) is 12.7. The van der Waals surface area contributed by atoms with Crippen LogP contribution in [0.4, 0.5) is 0 Å². The van der Waals surface area contributed by atoms with E-state index in [0.29, 0.717) is 14.9 Å². The second kappa shape index (κ2) is 6.26. The van der Waals surface area contributed by atoms with Gasteiger partial charge in [0.15, 0.2) is 0 Å². The molecule has 2 amide bonds. The third-order valence-corrected chi connectivity index (χ3v) is 4.92. The summed E-state index contributed by atoms with van der Waals surface area (Å²) < 4.78 is 0.553. The predicted molar refractivity (Wildman–Crippen MR) is 92.9 cm³/mol. The Balaban J connectivity index is 1.88. The van der Waals surface area contributed by atoms with Gasteiger partial charge in [0.25, 0.3) is 5.91 Å². The summed E-state index contributed by atoms with van der Waals surface area (Å²) in [7, 11) is 0. The smallest absolute Gasteiger partial charge is 0.287 e. The molecule has 0 bridgehead atoms. The van der Waals surface area contributed by atoms with Crippen LogP contribution in [0.2, 0.25) is 4.34 Å². The number of allylic oxidation sites excluding steroid dienone is 3. The van der Waals surface area contributed by atoms with Crippen LogP contribution in [0.3, 0.4) is 0 Å². The molecular weight excluding hydrogens is 332 g/mol. The highest BCUT2D eigenvalue weighted by Crippen LogP contribution is 2.31. The van der Waals surface area contributed by atoms with Gasteiger partial charge in [-0.05, 0) is 35.8 Å². The Kier molecular flexibility index (Phi) is 4.33. The van der Waals surface area contributed by atoms with Crippen LogP contribution >= 0.6 is 22.9 Å². The largest absolute Gasteiger partial charge is 0.325 e. The molecule has 0 saturated heterocycles. The number of thiophene rings is 1. The van der Waals surface area contributed by atoms with Gasteiger partial charge in [0, 0.05) is 17.7 Å². The highest BCUT2D eigenvalue weighted by Gasteiger charge is 2.27. The van der Waals surface area contributed by atoms with Crippen LogP contribution in [0.25, 0.3) is 0 Å². The van der Waals surface area contributed by atoms with Gasteiger partial charge in [0.05, 0.1) is 14.9 Å². The maximum Gasteiger partial charge on any atom is 0.287 e. The minimum Gasteiger partial charge on any atom is -0.325 e. The van der Waals surface area contributed by atoms with Gasteiger partial charge in [0.2, 0.25) is 5.91 Å². The molecule has 3 rings (SSSR count). The van der Waals surface area contributed by atoms with Gasteiger partial charge in [0.1, 0.15) is 0 Å². The number of hydrogen-bond acceptors (Lipinski definition) is 3. The number of nitrogens with zero attached hydrogens (tertiary/aromatic N) is 1. The molecule has 2 aliphatic rings. The van der Waals surface area contributed by atoms with Crippen molar-refractivity contribution in [2.45, 2.75) is 13.8 Å². The fourth-order valence-electron chi connectivity index (χ4n) is 2.62. The van der Waals surface area contributed by atoms with Crippen molar-refractivity contribution in [1.82, 2.24) is 5.32 Å². The Morgan fingerprint density at radius 2 is 2.13 bits per heavy atom. The number of fused-ring (bicyclic) bond motifs is 1. The molecule has 1 aromatic heterocycles. The molecule has 1 aromatic rings. The first kappa shape index (κ1) is 15.9. The van der Waals surface area contributed by atoms with Gasteiger partial charge >= 0.3 is 0 Å². The van der Waals surface area contributed by atoms with Gasteiger partial charge < -0.3 is 5.32 Å². The van der Waals surface area contributed by atoms with Crippen molar-refractivity contribution >= 4 is 40.5 Å². The van der Waals surface area contributed by atoms with E-state index in [1.807, 2.05) is 12.2 Å². The normalized spacial score (nSPS) is 21.8. The van der Waals surface area contributed by atoms with Gasteiger partial charge in [-0.25, -0.2) is 4.99 Å². The standard InChI is InChI=1S/C17H15ClN2O2S/c1-9(2)12-8-16(21)20-13-7-10(3-4-11(12)13)19-17(22)14-5-6-15(18)23-14/h3-9,11H,1-2H3,(H,20,21). The fraction of sp³-hybridized carbons (Fsp3) is 0.235. The van der Waals surface area contributed by atoms with Crippen LogP contribution in [0.5, 0.6) is 0 Å². The summed E-state index contributed by atoms with van der Waals surface area (Å²) >= 11 is 7.04. The van der Waals surface area contributed by atoms with Gasteiger partial charge in [-0.15, -0.1) is 11.3 Å². The van der Waals surface area contributed by atoms with Gasteiger partial charge in [-0.1, -0.05) is 31.5 Å². The van der Waals surface area contributed by atoms with Crippen molar-refractivity contribution in [3.05, 3.63) is 56.9 Å². The van der Waals surface area contributed by atoms with E-state index in [0.717, 1.165) is 11.3 Å². The van der Waals surface area contributed by atoms with E-state index >= 15 is 0 Å². The van der Waals surface area contributed by atoms with Crippen molar-refractivity contribution in [2.75, 3.05) is 0 Å². The Hall–Kier alpha value is -1.98. The average molecular weight is 347 g/mol. The molecule has 1 aliphatic heterocycles. The summed E-state index contributed by atoms with van der Waals surface area (Å²) in [6.07, 6.45) is 7.19. The van der Waals surface area contributed by atoms with Crippen molar-refractivity contribution in [1.29, 1.82) is 0 Å². The number of aliphatic imine (C=N–C) groups is 1. The molecule has 1 unspecified atom stereocenters. The van der Waals surface area contributed by atoms with Crippen LogP contribution in [0.15, 0.2) is 52.7 Å². The summed E-state index contributed by atoms with van der Waals surface area (Å²) in [5, 5.41) is 2.83. The molecule has 0 radical (unpaired) electrons. The molecular formula is C17H15ClN2O2S. The number of amides is 2. The molecule has 0 spiro atoms. The highest BCUT2D eigenvalue weighted by atomic mass is 35.5. The number of carbonyl (C=O) groups is 2. The maximum absolute atomic E-state index is 12.1. The van der Waals surface area contributed by atoms with Crippen LogP contribution in [-0.2, 0) is 4.79 Å². The predicted octanol–water partition coefficient (Wildman–Crippen LogP) is 3.76. The molecule has 118 valence electrons. The van der Waals surface area contributed by atoms with E-state index in [4.69, 9.17) is 11.6 Å². The van der Waals surface area contributed by atoms with E-state index in [1.54, 1.807) is 24.3 Å². The van der Waals surface area contributed by atoms with Crippen molar-refractivity contribution in [3.63, 3.8) is 0 Å². The topological polar surface area (TPSA) is 58.5 Å². The molecule has 23 heavy (non-hydrogen) atoms. The lowest BCUT2D eigenvalue weighted by Gasteiger charge is -2.29. The number of halogens is 1. The van der Waals surface area contributed by atoms with Crippen molar-refractivity contribution < 1.29 is 9.59 Å². The Morgan fingerprint density at radius 1 is 1.35 bits per heavy atom. The molecule has 0 saturated carbocycles. The minimum atomic E-state index is -0.335. The first-order chi connectivity index (χ1) is 10.9. The molecule has 1 atom stereocenters. The second-order valence-corrected chi connectivity index (χ2v) is 7.39. The quantitative estimate of drug-likeness (QED) is 0.886. The molecule has 0 aromatic carbocycles. The molecule has 6 heteroatoms. The van der Waals surface area contributed by atoms with E-state index in [9.17, 15) is 9.59 Å². The Labute approximate surface area is 143 Å². The van der Waals surface area contributed by atoms with Crippen LogP contribution in [0.1, 0.15) is 23.5 Å². The number of nitrogens with one attached hydrogen (secondary N) is 1. The monoisotopic (exact) mass is 346 g/mol. The number of carbonyl (C=O) groups excluding carboxylic acids is 2. The van der Waals surface area contributed by atoms with Gasteiger partial charge in [-0.2, -0.15) is 0 Å². The Morgan fingerprint density at radius 3 is 2.78 bits per heavy atom. The summed E-state index contributed by atoms with van der Waals surface area (Å²) in [6.45, 7) is 4.12. The molecule has 1 aliphatic carbocycles. The highest BCUT2D eigenvalue weighted by molar-refractivity contribution is 7.18. The lowest BCUT2D eigenvalue weighted by molar-refractivity contribution is -0.116. The van der Waals surface area contributed by atoms with Crippen LogP contribution < -0.4 is 5.32 Å². The van der Waals surface area contributed by atoms with Crippen LogP contribution in [-0.4, -0.2) is 17.5 Å². The molecule has 1 N–H and O–H groups in total. The minimum absolute atomic E-state index is 0.0398. The number of hydrogen-bond donors (Lipinski definition) is 1. The lowest BCUT2D eigenvalue weighted by atomic mass is 9.82. The van der Waals surface area contributed by atoms with Crippen LogP contribution in [0, 0.1) is 11.8 Å². The third-order valence-electron chi connectivity index (χ3n) is 3.70.